The Hall–Kier alpha value is -2.21. The van der Waals surface area contributed by atoms with Crippen LogP contribution in [0.15, 0.2) is 29.2 Å². The van der Waals surface area contributed by atoms with E-state index < -0.39 is 60.8 Å². The molecule has 1 fully saturated rings. The molecule has 6 nitrogen and oxygen atoms in total. The quantitative estimate of drug-likeness (QED) is 0.567. The van der Waals surface area contributed by atoms with Gasteiger partial charge in [0.2, 0.25) is 10.0 Å². The fourth-order valence-corrected chi connectivity index (χ4v) is 4.27. The van der Waals surface area contributed by atoms with E-state index >= 15 is 0 Å². The molecule has 0 unspecified atom stereocenters. The molecule has 2 N–H and O–H groups in total. The summed E-state index contributed by atoms with van der Waals surface area (Å²) in [5.41, 5.74) is -1.17. The zero-order valence-corrected chi connectivity index (χ0v) is 15.3. The lowest BCUT2D eigenvalue weighted by Crippen LogP contribution is -2.53. The number of hydrogen-bond acceptors (Lipinski definition) is 4. The van der Waals surface area contributed by atoms with E-state index in [-0.39, 0.29) is 24.8 Å². The summed E-state index contributed by atoms with van der Waals surface area (Å²) >= 11 is 5.46. The minimum Gasteiger partial charge on any atom is -0.390 e. The van der Waals surface area contributed by atoms with Crippen molar-refractivity contribution in [1.82, 2.24) is 4.31 Å². The number of carbonyl (C=O) groups excluding carboxylic acids is 1. The van der Waals surface area contributed by atoms with Crippen molar-refractivity contribution in [2.75, 3.05) is 18.4 Å². The number of anilines is 1. The molecule has 2 aromatic carbocycles. The van der Waals surface area contributed by atoms with Gasteiger partial charge in [0.05, 0.1) is 16.7 Å². The predicted octanol–water partition coefficient (Wildman–Crippen LogP) is 2.51. The Bertz CT molecular complexity index is 1050. The van der Waals surface area contributed by atoms with E-state index in [0.717, 1.165) is 10.4 Å². The lowest BCUT2D eigenvalue weighted by atomic mass is 10.2. The highest BCUT2D eigenvalue weighted by Gasteiger charge is 2.38. The van der Waals surface area contributed by atoms with Crippen LogP contribution in [0.3, 0.4) is 0 Å². The third-order valence-corrected chi connectivity index (χ3v) is 6.08. The van der Waals surface area contributed by atoms with E-state index in [4.69, 9.17) is 11.6 Å². The Morgan fingerprint density at radius 1 is 1.07 bits per heavy atom. The van der Waals surface area contributed by atoms with Gasteiger partial charge in [0.25, 0.3) is 5.91 Å². The minimum atomic E-state index is -4.41. The van der Waals surface area contributed by atoms with Gasteiger partial charge in [-0.15, -0.1) is 0 Å². The van der Waals surface area contributed by atoms with Crippen LogP contribution in [0.4, 0.5) is 23.2 Å². The summed E-state index contributed by atoms with van der Waals surface area (Å²) in [4.78, 5) is 11.3. The maximum absolute atomic E-state index is 14.0. The average molecular weight is 439 g/mol. The fraction of sp³-hybridized carbons (Fsp3) is 0.188. The van der Waals surface area contributed by atoms with Gasteiger partial charge < -0.3 is 10.4 Å². The van der Waals surface area contributed by atoms with Gasteiger partial charge in [0.15, 0.2) is 11.6 Å². The number of amides is 1. The first-order valence-electron chi connectivity index (χ1n) is 7.64. The first-order chi connectivity index (χ1) is 13.0. The molecule has 1 aliphatic heterocycles. The van der Waals surface area contributed by atoms with Crippen molar-refractivity contribution >= 4 is 33.2 Å². The molecule has 150 valence electrons. The molecule has 28 heavy (non-hydrogen) atoms. The number of halogens is 5. The topological polar surface area (TPSA) is 86.7 Å². The maximum Gasteiger partial charge on any atom is 0.258 e. The van der Waals surface area contributed by atoms with Crippen LogP contribution >= 0.6 is 11.6 Å². The number of nitrogens with one attached hydrogen (secondary N) is 1. The average Bonchev–Trinajstić information content (AvgIpc) is 2.56. The molecule has 0 saturated carbocycles. The van der Waals surface area contributed by atoms with Gasteiger partial charge in [0, 0.05) is 30.9 Å². The SMILES string of the molecule is O=C(Nc1cc(F)c(F)c(Cl)c1)c1cc(S(=O)(=O)N2CC(O)C2)c(F)cc1F. The van der Waals surface area contributed by atoms with Crippen LogP contribution < -0.4 is 5.32 Å². The Balaban J connectivity index is 1.95. The first kappa shape index (κ1) is 20.5. The normalized spacial score (nSPS) is 15.4. The Morgan fingerprint density at radius 2 is 1.71 bits per heavy atom. The van der Waals surface area contributed by atoms with Crippen LogP contribution in [0.5, 0.6) is 0 Å². The van der Waals surface area contributed by atoms with Crippen LogP contribution in [0.2, 0.25) is 5.02 Å². The smallest absolute Gasteiger partial charge is 0.258 e. The van der Waals surface area contributed by atoms with Crippen molar-refractivity contribution in [3.63, 3.8) is 0 Å². The summed E-state index contributed by atoms with van der Waals surface area (Å²) in [6.07, 6.45) is -0.904. The molecule has 0 aromatic heterocycles. The third kappa shape index (κ3) is 3.70. The van der Waals surface area contributed by atoms with Crippen molar-refractivity contribution in [3.8, 4) is 0 Å². The number of aliphatic hydroxyl groups is 1. The molecular formula is C16H11ClF4N2O4S. The lowest BCUT2D eigenvalue weighted by Gasteiger charge is -2.34. The molecule has 3 rings (SSSR count). The van der Waals surface area contributed by atoms with E-state index in [9.17, 15) is 35.9 Å². The second-order valence-corrected chi connectivity index (χ2v) is 8.26. The van der Waals surface area contributed by atoms with Crippen LogP contribution in [0.25, 0.3) is 0 Å². The predicted molar refractivity (Wildman–Crippen MR) is 90.4 cm³/mol. The van der Waals surface area contributed by atoms with E-state index in [1.807, 2.05) is 5.32 Å². The summed E-state index contributed by atoms with van der Waals surface area (Å²) < 4.78 is 80.1. The molecule has 1 amide bonds. The van der Waals surface area contributed by atoms with Gasteiger partial charge in [-0.05, 0) is 12.1 Å². The van der Waals surface area contributed by atoms with Crippen LogP contribution in [-0.2, 0) is 10.0 Å². The van der Waals surface area contributed by atoms with E-state index in [2.05, 4.69) is 0 Å². The highest BCUT2D eigenvalue weighted by atomic mass is 35.5. The maximum atomic E-state index is 14.0. The third-order valence-electron chi connectivity index (χ3n) is 3.95. The van der Waals surface area contributed by atoms with E-state index in [0.29, 0.717) is 12.1 Å². The number of rotatable bonds is 4. The number of nitrogens with zero attached hydrogens (tertiary/aromatic N) is 1. The Labute approximate surface area is 161 Å². The van der Waals surface area contributed by atoms with E-state index in [1.165, 1.54) is 0 Å². The summed E-state index contributed by atoms with van der Waals surface area (Å²) in [5.74, 6) is -6.75. The second kappa shape index (κ2) is 7.32. The largest absolute Gasteiger partial charge is 0.390 e. The highest BCUT2D eigenvalue weighted by molar-refractivity contribution is 7.89. The second-order valence-electron chi connectivity index (χ2n) is 5.95. The molecule has 0 spiro atoms. The number of aliphatic hydroxyl groups excluding tert-OH is 1. The number of benzene rings is 2. The van der Waals surface area contributed by atoms with Gasteiger partial charge >= 0.3 is 0 Å². The van der Waals surface area contributed by atoms with E-state index in [1.54, 1.807) is 0 Å². The Kier molecular flexibility index (Phi) is 5.36. The van der Waals surface area contributed by atoms with Crippen LogP contribution in [-0.4, -0.2) is 42.9 Å². The monoisotopic (exact) mass is 438 g/mol. The zero-order chi connectivity index (χ0) is 20.8. The van der Waals surface area contributed by atoms with Crippen LogP contribution in [0.1, 0.15) is 10.4 Å². The van der Waals surface area contributed by atoms with Crippen molar-refractivity contribution in [2.45, 2.75) is 11.0 Å². The van der Waals surface area contributed by atoms with Gasteiger partial charge in [-0.3, -0.25) is 4.79 Å². The van der Waals surface area contributed by atoms with Gasteiger partial charge in [-0.1, -0.05) is 11.6 Å². The van der Waals surface area contributed by atoms with Crippen molar-refractivity contribution in [1.29, 1.82) is 0 Å². The van der Waals surface area contributed by atoms with Gasteiger partial charge in [0.1, 0.15) is 16.5 Å². The number of β-amino-alcohol motifs (C(OH)–C–C–N with tert-alkyl or cyclic N) is 1. The molecule has 0 atom stereocenters. The molecular weight excluding hydrogens is 428 g/mol. The van der Waals surface area contributed by atoms with Gasteiger partial charge in [-0.2, -0.15) is 4.31 Å². The minimum absolute atomic E-state index is 0.218. The fourth-order valence-electron chi connectivity index (χ4n) is 2.48. The molecule has 0 radical (unpaired) electrons. The van der Waals surface area contributed by atoms with Crippen molar-refractivity contribution in [3.05, 3.63) is 58.1 Å². The number of sulfonamides is 1. The molecule has 2 aromatic rings. The number of carbonyl (C=O) groups is 1. The molecule has 12 heteroatoms. The lowest BCUT2D eigenvalue weighted by molar-refractivity contribution is 0.0546. The standard InChI is InChI=1S/C16H11ClF4N2O4S/c17-10-1-7(2-13(20)15(10)21)22-16(25)9-3-14(12(19)4-11(9)18)28(26,27)23-5-8(24)6-23/h1-4,8,24H,5-6H2,(H,22,25). The van der Waals surface area contributed by atoms with Crippen molar-refractivity contribution < 1.29 is 35.9 Å². The summed E-state index contributed by atoms with van der Waals surface area (Å²) in [6, 6.07) is 2.15. The molecule has 0 bridgehead atoms. The zero-order valence-electron chi connectivity index (χ0n) is 13.7. The molecule has 0 aliphatic carbocycles. The van der Waals surface area contributed by atoms with Gasteiger partial charge in [-0.25, -0.2) is 26.0 Å². The molecule has 1 aliphatic rings. The Morgan fingerprint density at radius 3 is 2.29 bits per heavy atom. The van der Waals surface area contributed by atoms with Crippen LogP contribution in [0, 0.1) is 23.3 Å². The molecule has 1 saturated heterocycles. The highest BCUT2D eigenvalue weighted by Crippen LogP contribution is 2.27. The number of hydrogen-bond donors (Lipinski definition) is 2. The molecule has 1 heterocycles. The summed E-state index contributed by atoms with van der Waals surface area (Å²) in [6.45, 7) is -0.540. The summed E-state index contributed by atoms with van der Waals surface area (Å²) in [7, 11) is -4.41. The summed E-state index contributed by atoms with van der Waals surface area (Å²) in [5, 5.41) is 10.6. The van der Waals surface area contributed by atoms with Crippen molar-refractivity contribution in [2.24, 2.45) is 0 Å². The first-order valence-corrected chi connectivity index (χ1v) is 9.45.